The topological polar surface area (TPSA) is 55.8 Å². The van der Waals surface area contributed by atoms with Crippen LogP contribution in [0.25, 0.3) is 0 Å². The van der Waals surface area contributed by atoms with Crippen LogP contribution in [0.4, 0.5) is 0 Å². The molecule has 0 spiro atoms. The van der Waals surface area contributed by atoms with Crippen molar-refractivity contribution in [2.75, 3.05) is 27.8 Å². The molecular weight excluding hydrogens is 222 g/mol. The summed E-state index contributed by atoms with van der Waals surface area (Å²) in [5, 5.41) is 0. The summed E-state index contributed by atoms with van der Waals surface area (Å²) >= 11 is 0. The lowest BCUT2D eigenvalue weighted by Crippen LogP contribution is -2.28. The number of amides is 1. The zero-order valence-electron chi connectivity index (χ0n) is 10.1. The second kappa shape index (κ2) is 5.89. The first-order valence-electron chi connectivity index (χ1n) is 5.04. The number of nitrogens with zero attached hydrogens (tertiary/aromatic N) is 1. The Kier molecular flexibility index (Phi) is 4.51. The van der Waals surface area contributed by atoms with Crippen molar-refractivity contribution < 1.29 is 19.1 Å². The van der Waals surface area contributed by atoms with Crippen molar-refractivity contribution in [1.82, 2.24) is 4.90 Å². The standard InChI is InChI=1S/C12H15NO4/c1-13(4-5-14)12(15)9-6-10(16-2)8-11(7-9)17-3/h5-8H,4H2,1-3H3. The van der Waals surface area contributed by atoms with Crippen molar-refractivity contribution in [2.24, 2.45) is 0 Å². The van der Waals surface area contributed by atoms with Gasteiger partial charge < -0.3 is 19.2 Å². The molecule has 17 heavy (non-hydrogen) atoms. The predicted molar refractivity (Wildman–Crippen MR) is 62.6 cm³/mol. The quantitative estimate of drug-likeness (QED) is 0.716. The average Bonchev–Trinajstić information content (AvgIpc) is 2.37. The lowest BCUT2D eigenvalue weighted by Gasteiger charge is -2.15. The zero-order chi connectivity index (χ0) is 12.8. The fraction of sp³-hybridized carbons (Fsp3) is 0.333. The van der Waals surface area contributed by atoms with Gasteiger partial charge in [-0.3, -0.25) is 4.79 Å². The van der Waals surface area contributed by atoms with Crippen LogP contribution in [0.1, 0.15) is 10.4 Å². The van der Waals surface area contributed by atoms with Crippen molar-refractivity contribution in [3.8, 4) is 11.5 Å². The molecule has 0 atom stereocenters. The normalized spacial score (nSPS) is 9.59. The molecule has 1 aromatic rings. The summed E-state index contributed by atoms with van der Waals surface area (Å²) in [5.41, 5.74) is 0.422. The third-order valence-electron chi connectivity index (χ3n) is 2.29. The Bertz CT molecular complexity index is 395. The Hall–Kier alpha value is -2.04. The van der Waals surface area contributed by atoms with Gasteiger partial charge in [-0.1, -0.05) is 0 Å². The van der Waals surface area contributed by atoms with E-state index in [9.17, 15) is 9.59 Å². The summed E-state index contributed by atoms with van der Waals surface area (Å²) in [6.45, 7) is 0.0539. The molecule has 1 rings (SSSR count). The fourth-order valence-electron chi connectivity index (χ4n) is 1.35. The van der Waals surface area contributed by atoms with E-state index in [-0.39, 0.29) is 12.5 Å². The number of carbonyl (C=O) groups excluding carboxylic acids is 2. The predicted octanol–water partition coefficient (Wildman–Crippen LogP) is 0.975. The molecule has 0 aliphatic heterocycles. The number of carbonyl (C=O) groups is 2. The first-order chi connectivity index (χ1) is 8.12. The van der Waals surface area contributed by atoms with Gasteiger partial charge in [0.25, 0.3) is 5.91 Å². The van der Waals surface area contributed by atoms with Gasteiger partial charge in [-0.15, -0.1) is 0 Å². The SMILES string of the molecule is COc1cc(OC)cc(C(=O)N(C)CC=O)c1. The molecule has 0 aliphatic rings. The van der Waals surface area contributed by atoms with E-state index in [1.165, 1.54) is 19.1 Å². The summed E-state index contributed by atoms with van der Waals surface area (Å²) in [5.74, 6) is 0.814. The van der Waals surface area contributed by atoms with Crippen LogP contribution in [0.3, 0.4) is 0 Å². The van der Waals surface area contributed by atoms with Crippen LogP contribution in [0.2, 0.25) is 0 Å². The smallest absolute Gasteiger partial charge is 0.254 e. The molecule has 0 aliphatic carbocycles. The van der Waals surface area contributed by atoms with Crippen molar-refractivity contribution in [1.29, 1.82) is 0 Å². The number of ether oxygens (including phenoxy) is 2. The van der Waals surface area contributed by atoms with E-state index in [0.717, 1.165) is 0 Å². The Morgan fingerprint density at radius 1 is 1.24 bits per heavy atom. The molecule has 0 aromatic heterocycles. The Labute approximate surface area is 99.9 Å². The van der Waals surface area contributed by atoms with Crippen LogP contribution in [0.15, 0.2) is 18.2 Å². The number of likely N-dealkylation sites (N-methyl/N-ethyl adjacent to an activating group) is 1. The van der Waals surface area contributed by atoms with Crippen LogP contribution in [-0.4, -0.2) is 44.9 Å². The summed E-state index contributed by atoms with van der Waals surface area (Å²) in [7, 11) is 4.58. The van der Waals surface area contributed by atoms with Crippen LogP contribution in [-0.2, 0) is 4.79 Å². The molecule has 0 unspecified atom stereocenters. The molecule has 0 radical (unpaired) electrons. The monoisotopic (exact) mass is 237 g/mol. The summed E-state index contributed by atoms with van der Waals surface area (Å²) < 4.78 is 10.1. The molecule has 5 nitrogen and oxygen atoms in total. The van der Waals surface area contributed by atoms with E-state index in [1.54, 1.807) is 25.2 Å². The molecular formula is C12H15NO4. The highest BCUT2D eigenvalue weighted by Gasteiger charge is 2.13. The first-order valence-corrected chi connectivity index (χ1v) is 5.04. The van der Waals surface area contributed by atoms with Crippen molar-refractivity contribution in [3.63, 3.8) is 0 Å². The maximum atomic E-state index is 11.9. The minimum Gasteiger partial charge on any atom is -0.497 e. The fourth-order valence-corrected chi connectivity index (χ4v) is 1.35. The highest BCUT2D eigenvalue weighted by molar-refractivity contribution is 5.95. The van der Waals surface area contributed by atoms with E-state index in [4.69, 9.17) is 9.47 Å². The van der Waals surface area contributed by atoms with Gasteiger partial charge in [0.05, 0.1) is 20.8 Å². The Balaban J connectivity index is 3.03. The molecule has 0 heterocycles. The Morgan fingerprint density at radius 2 is 1.76 bits per heavy atom. The van der Waals surface area contributed by atoms with Crippen molar-refractivity contribution in [2.45, 2.75) is 0 Å². The number of methoxy groups -OCH3 is 2. The first kappa shape index (κ1) is 13.0. The van der Waals surface area contributed by atoms with Crippen LogP contribution in [0, 0.1) is 0 Å². The lowest BCUT2D eigenvalue weighted by molar-refractivity contribution is -0.108. The molecule has 1 amide bonds. The van der Waals surface area contributed by atoms with Gasteiger partial charge >= 0.3 is 0 Å². The number of aldehydes is 1. The number of benzene rings is 1. The molecule has 1 aromatic carbocycles. The molecule has 92 valence electrons. The summed E-state index contributed by atoms with van der Waals surface area (Å²) in [6, 6.07) is 4.88. The molecule has 0 saturated carbocycles. The third kappa shape index (κ3) is 3.21. The van der Waals surface area contributed by atoms with Crippen LogP contribution in [0.5, 0.6) is 11.5 Å². The second-order valence-corrected chi connectivity index (χ2v) is 3.45. The number of hydrogen-bond acceptors (Lipinski definition) is 4. The molecule has 0 fully saturated rings. The number of hydrogen-bond donors (Lipinski definition) is 0. The third-order valence-corrected chi connectivity index (χ3v) is 2.29. The minimum atomic E-state index is -0.255. The highest BCUT2D eigenvalue weighted by Crippen LogP contribution is 2.23. The average molecular weight is 237 g/mol. The van der Waals surface area contributed by atoms with Crippen molar-refractivity contribution >= 4 is 12.2 Å². The molecule has 0 saturated heterocycles. The Morgan fingerprint density at radius 3 is 2.18 bits per heavy atom. The van der Waals surface area contributed by atoms with E-state index >= 15 is 0 Å². The van der Waals surface area contributed by atoms with Gasteiger partial charge in [0.2, 0.25) is 0 Å². The summed E-state index contributed by atoms with van der Waals surface area (Å²) in [6.07, 6.45) is 0.676. The second-order valence-electron chi connectivity index (χ2n) is 3.45. The molecule has 5 heteroatoms. The highest BCUT2D eigenvalue weighted by atomic mass is 16.5. The van der Waals surface area contributed by atoms with Crippen LogP contribution >= 0.6 is 0 Å². The van der Waals surface area contributed by atoms with E-state index < -0.39 is 0 Å². The van der Waals surface area contributed by atoms with E-state index in [0.29, 0.717) is 23.3 Å². The van der Waals surface area contributed by atoms with Gasteiger partial charge in [-0.2, -0.15) is 0 Å². The van der Waals surface area contributed by atoms with E-state index in [1.807, 2.05) is 0 Å². The van der Waals surface area contributed by atoms with Gasteiger partial charge in [-0.05, 0) is 12.1 Å². The lowest BCUT2D eigenvalue weighted by atomic mass is 10.1. The van der Waals surface area contributed by atoms with Gasteiger partial charge in [-0.25, -0.2) is 0 Å². The molecule has 0 N–H and O–H groups in total. The minimum absolute atomic E-state index is 0.0539. The van der Waals surface area contributed by atoms with Crippen LogP contribution < -0.4 is 9.47 Å². The number of rotatable bonds is 5. The van der Waals surface area contributed by atoms with Gasteiger partial charge in [0.15, 0.2) is 0 Å². The maximum absolute atomic E-state index is 11.9. The van der Waals surface area contributed by atoms with Crippen molar-refractivity contribution in [3.05, 3.63) is 23.8 Å². The van der Waals surface area contributed by atoms with Gasteiger partial charge in [0, 0.05) is 18.7 Å². The largest absolute Gasteiger partial charge is 0.497 e. The molecule has 0 bridgehead atoms. The maximum Gasteiger partial charge on any atom is 0.254 e. The van der Waals surface area contributed by atoms with Gasteiger partial charge in [0.1, 0.15) is 17.8 Å². The zero-order valence-corrected chi connectivity index (χ0v) is 10.1. The summed E-state index contributed by atoms with van der Waals surface area (Å²) in [4.78, 5) is 23.6. The van der Waals surface area contributed by atoms with E-state index in [2.05, 4.69) is 0 Å².